The van der Waals surface area contributed by atoms with Gasteiger partial charge in [-0.1, -0.05) is 6.07 Å². The summed E-state index contributed by atoms with van der Waals surface area (Å²) in [6.45, 7) is 2.12. The maximum Gasteiger partial charge on any atom is 0.321 e. The maximum atomic E-state index is 13.1. The summed E-state index contributed by atoms with van der Waals surface area (Å²) in [5.41, 5.74) is 0.954. The summed E-state index contributed by atoms with van der Waals surface area (Å²) in [6.07, 6.45) is 2.42. The lowest BCUT2D eigenvalue weighted by atomic mass is 9.97. The Kier molecular flexibility index (Phi) is 5.78. The van der Waals surface area contributed by atoms with E-state index in [-0.39, 0.29) is 37.1 Å². The van der Waals surface area contributed by atoms with E-state index in [0.29, 0.717) is 22.8 Å². The molecule has 0 bridgehead atoms. The van der Waals surface area contributed by atoms with Gasteiger partial charge in [0, 0.05) is 6.42 Å². The molecule has 3 aliphatic rings. The van der Waals surface area contributed by atoms with Crippen LogP contribution in [0.2, 0.25) is 0 Å². The van der Waals surface area contributed by atoms with Crippen LogP contribution < -0.4 is 20.7 Å². The van der Waals surface area contributed by atoms with Crippen molar-refractivity contribution in [3.05, 3.63) is 46.6 Å². The number of ether oxygens (including phenoxy) is 1. The van der Waals surface area contributed by atoms with Gasteiger partial charge < -0.3 is 15.0 Å². The number of anilines is 1. The van der Waals surface area contributed by atoms with Gasteiger partial charge in [-0.05, 0) is 56.4 Å². The smallest absolute Gasteiger partial charge is 0.321 e. The molecule has 2 fully saturated rings. The summed E-state index contributed by atoms with van der Waals surface area (Å²) < 4.78 is 6.45. The zero-order valence-corrected chi connectivity index (χ0v) is 21.7. The number of fused-ring (bicyclic) bond motifs is 2. The first kappa shape index (κ1) is 24.3. The molecular weight excluding hydrogens is 508 g/mol. The van der Waals surface area contributed by atoms with Gasteiger partial charge in [-0.3, -0.25) is 25.0 Å². The number of thiazole rings is 1. The van der Waals surface area contributed by atoms with Crippen LogP contribution in [0.1, 0.15) is 53.7 Å². The van der Waals surface area contributed by atoms with Crippen molar-refractivity contribution in [3.63, 3.8) is 0 Å². The zero-order chi connectivity index (χ0) is 26.6. The minimum atomic E-state index is -0.721. The van der Waals surface area contributed by atoms with Crippen molar-refractivity contribution in [2.24, 2.45) is 5.92 Å². The van der Waals surface area contributed by atoms with Gasteiger partial charge in [0.15, 0.2) is 0 Å². The Morgan fingerprint density at radius 1 is 1.16 bits per heavy atom. The van der Waals surface area contributed by atoms with Crippen molar-refractivity contribution in [2.45, 2.75) is 50.7 Å². The first-order valence-corrected chi connectivity index (χ1v) is 13.3. The average molecular weight is 535 g/mol. The van der Waals surface area contributed by atoms with Gasteiger partial charge in [-0.2, -0.15) is 0 Å². The summed E-state index contributed by atoms with van der Waals surface area (Å²) in [4.78, 5) is 60.6. The van der Waals surface area contributed by atoms with Crippen LogP contribution >= 0.6 is 11.3 Å². The molecule has 3 aromatic rings. The molecule has 3 N–H and O–H groups in total. The molecule has 5 amide bonds. The van der Waals surface area contributed by atoms with Gasteiger partial charge in [-0.15, -0.1) is 11.3 Å². The largest absolute Gasteiger partial charge is 0.494 e. The Morgan fingerprint density at radius 2 is 1.97 bits per heavy atom. The molecule has 1 saturated carbocycles. The average Bonchev–Trinajstić information content (AvgIpc) is 3.58. The predicted octanol–water partition coefficient (Wildman–Crippen LogP) is 2.91. The number of amides is 5. The van der Waals surface area contributed by atoms with E-state index in [1.165, 1.54) is 16.2 Å². The van der Waals surface area contributed by atoms with Crippen LogP contribution in [0.5, 0.6) is 5.75 Å². The Morgan fingerprint density at radius 3 is 2.71 bits per heavy atom. The number of carbonyl (C=O) groups excluding carboxylic acids is 4. The molecular formula is C26H26N6O5S. The lowest BCUT2D eigenvalue weighted by Crippen LogP contribution is -2.52. The van der Waals surface area contributed by atoms with Crippen LogP contribution in [0, 0.1) is 5.92 Å². The first-order valence-electron chi connectivity index (χ1n) is 12.4. The van der Waals surface area contributed by atoms with Crippen LogP contribution in [0.15, 0.2) is 30.3 Å². The number of methoxy groups -OCH3 is 1. The number of piperidine rings is 1. The molecule has 0 spiro atoms. The molecule has 196 valence electrons. The Bertz CT molecular complexity index is 1500. The van der Waals surface area contributed by atoms with E-state index in [9.17, 15) is 19.2 Å². The van der Waals surface area contributed by atoms with E-state index in [4.69, 9.17) is 9.72 Å². The minimum Gasteiger partial charge on any atom is -0.494 e. The van der Waals surface area contributed by atoms with Crippen LogP contribution in [0.25, 0.3) is 10.2 Å². The van der Waals surface area contributed by atoms with Crippen molar-refractivity contribution >= 4 is 51.1 Å². The second kappa shape index (κ2) is 9.05. The number of hydrogen-bond donors (Lipinski definition) is 3. The second-order valence-electron chi connectivity index (χ2n) is 9.97. The Balaban J connectivity index is 1.19. The fraction of sp³-hybridized carbons (Fsp3) is 0.385. The predicted molar refractivity (Wildman–Crippen MR) is 139 cm³/mol. The summed E-state index contributed by atoms with van der Waals surface area (Å²) in [6, 6.07) is 7.80. The number of rotatable bonds is 6. The van der Waals surface area contributed by atoms with Gasteiger partial charge in [0.05, 0.1) is 35.2 Å². The summed E-state index contributed by atoms with van der Waals surface area (Å²) in [5, 5.41) is 9.01. The van der Waals surface area contributed by atoms with E-state index in [1.807, 2.05) is 25.1 Å². The van der Waals surface area contributed by atoms with Crippen molar-refractivity contribution in [1.82, 2.24) is 25.5 Å². The van der Waals surface area contributed by atoms with E-state index < -0.39 is 23.5 Å². The highest BCUT2D eigenvalue weighted by molar-refractivity contribution is 7.18. The van der Waals surface area contributed by atoms with Crippen LogP contribution in [-0.2, 0) is 21.7 Å². The van der Waals surface area contributed by atoms with Crippen LogP contribution in [0.4, 0.5) is 10.6 Å². The van der Waals surface area contributed by atoms with Crippen molar-refractivity contribution < 1.29 is 23.9 Å². The molecule has 6 rings (SSSR count). The SMILES string of the molecule is COc1cccc2sc([C@@](C)(NC(=O)Nc3ccc4c(n3)CN(C3CCC(=O)NC3=O)C4=O)C3CC3)nc12. The number of hydrogen-bond acceptors (Lipinski definition) is 8. The molecule has 0 radical (unpaired) electrons. The third-order valence-electron chi connectivity index (χ3n) is 7.43. The van der Waals surface area contributed by atoms with Crippen molar-refractivity contribution in [3.8, 4) is 5.75 Å². The van der Waals surface area contributed by atoms with Gasteiger partial charge in [0.2, 0.25) is 11.8 Å². The molecule has 4 heterocycles. The standard InChI is InChI=1S/C26H26N6O5S/c1-26(13-6-7-13,24-30-21-17(37-2)4-3-5-18(21)38-24)31-25(36)28-19-10-8-14-15(27-19)12-32(23(14)35)16-9-11-20(33)29-22(16)34/h3-5,8,10,13,16H,6-7,9,11-12H2,1-2H3,(H,29,33,34)(H2,27,28,31,36)/t16?,26-/m0/s1. The van der Waals surface area contributed by atoms with Crippen LogP contribution in [0.3, 0.4) is 0 Å². The number of nitrogens with zero attached hydrogens (tertiary/aromatic N) is 3. The number of aromatic nitrogens is 2. The van der Waals surface area contributed by atoms with Crippen molar-refractivity contribution in [2.75, 3.05) is 12.4 Å². The fourth-order valence-electron chi connectivity index (χ4n) is 5.19. The number of benzene rings is 1. The number of nitrogens with one attached hydrogen (secondary N) is 3. The van der Waals surface area contributed by atoms with E-state index in [0.717, 1.165) is 28.1 Å². The molecule has 1 unspecified atom stereocenters. The lowest BCUT2D eigenvalue weighted by Gasteiger charge is -2.29. The first-order chi connectivity index (χ1) is 18.3. The van der Waals surface area contributed by atoms with Gasteiger partial charge in [-0.25, -0.2) is 14.8 Å². The van der Waals surface area contributed by atoms with Gasteiger partial charge in [0.1, 0.15) is 28.1 Å². The molecule has 2 aliphatic heterocycles. The summed E-state index contributed by atoms with van der Waals surface area (Å²) in [5.74, 6) is 0.110. The molecule has 1 aromatic carbocycles. The summed E-state index contributed by atoms with van der Waals surface area (Å²) >= 11 is 1.53. The molecule has 12 heteroatoms. The number of urea groups is 1. The highest BCUT2D eigenvalue weighted by Gasteiger charge is 2.46. The molecule has 38 heavy (non-hydrogen) atoms. The molecule has 11 nitrogen and oxygen atoms in total. The topological polar surface area (TPSA) is 143 Å². The van der Waals surface area contributed by atoms with Crippen LogP contribution in [-0.4, -0.2) is 51.8 Å². The van der Waals surface area contributed by atoms with Gasteiger partial charge in [0.25, 0.3) is 5.91 Å². The van der Waals surface area contributed by atoms with E-state index >= 15 is 0 Å². The van der Waals surface area contributed by atoms with E-state index in [1.54, 1.807) is 19.2 Å². The molecule has 1 aliphatic carbocycles. The minimum absolute atomic E-state index is 0.130. The Hall–Kier alpha value is -4.06. The van der Waals surface area contributed by atoms with Crippen molar-refractivity contribution in [1.29, 1.82) is 0 Å². The number of pyridine rings is 1. The number of imide groups is 1. The normalized spacial score (nSPS) is 20.6. The highest BCUT2D eigenvalue weighted by Crippen LogP contribution is 2.48. The van der Waals surface area contributed by atoms with Gasteiger partial charge >= 0.3 is 6.03 Å². The molecule has 1 saturated heterocycles. The second-order valence-corrected chi connectivity index (χ2v) is 11.0. The highest BCUT2D eigenvalue weighted by atomic mass is 32.1. The number of para-hydroxylation sites is 1. The third-order valence-corrected chi connectivity index (χ3v) is 8.68. The lowest BCUT2D eigenvalue weighted by molar-refractivity contribution is -0.136. The fourth-order valence-corrected chi connectivity index (χ4v) is 6.35. The summed E-state index contributed by atoms with van der Waals surface area (Å²) in [7, 11) is 1.61. The Labute approximate surface area is 222 Å². The quantitative estimate of drug-likeness (QED) is 0.413. The number of carbonyl (C=O) groups is 4. The maximum absolute atomic E-state index is 13.1. The zero-order valence-electron chi connectivity index (χ0n) is 20.9. The molecule has 2 aromatic heterocycles. The molecule has 2 atom stereocenters. The third kappa shape index (κ3) is 4.14. The van der Waals surface area contributed by atoms with E-state index in [2.05, 4.69) is 20.9 Å². The monoisotopic (exact) mass is 534 g/mol.